The molecular weight excluding hydrogens is 270 g/mol. The zero-order valence-electron chi connectivity index (χ0n) is 13.9. The first-order valence-electron chi connectivity index (χ1n) is 8.17. The average molecular weight is 295 g/mol. The van der Waals surface area contributed by atoms with Crippen molar-refractivity contribution in [2.75, 3.05) is 33.2 Å². The molecule has 0 amide bonds. The van der Waals surface area contributed by atoms with Crippen LogP contribution in [0.1, 0.15) is 25.1 Å². The van der Waals surface area contributed by atoms with Gasteiger partial charge in [0.2, 0.25) is 0 Å². The number of benzene rings is 1. The molecule has 0 N–H and O–H groups in total. The summed E-state index contributed by atoms with van der Waals surface area (Å²) < 4.78 is 2.32. The van der Waals surface area contributed by atoms with Gasteiger partial charge in [0.05, 0.1) is 5.69 Å². The van der Waals surface area contributed by atoms with Gasteiger partial charge in [0.25, 0.3) is 0 Å². The van der Waals surface area contributed by atoms with Crippen LogP contribution in [-0.4, -0.2) is 47.6 Å². The number of fused-ring (bicyclic) bond motifs is 1. The normalized spacial score (nSPS) is 16.7. The average Bonchev–Trinajstić information content (AvgIpc) is 2.88. The van der Waals surface area contributed by atoms with Gasteiger partial charge in [-0.05, 0) is 44.5 Å². The zero-order chi connectivity index (χ0) is 15.5. The van der Waals surface area contributed by atoms with Gasteiger partial charge >= 0.3 is 0 Å². The smallest absolute Gasteiger partial charge is 0.0930 e. The summed E-state index contributed by atoms with van der Waals surface area (Å²) in [4.78, 5) is 4.96. The van der Waals surface area contributed by atoms with Crippen LogP contribution in [0.2, 0.25) is 0 Å². The van der Waals surface area contributed by atoms with E-state index in [2.05, 4.69) is 64.4 Å². The molecular formula is C19H25N3. The molecule has 1 aromatic heterocycles. The van der Waals surface area contributed by atoms with Gasteiger partial charge in [0.15, 0.2) is 0 Å². The van der Waals surface area contributed by atoms with Crippen LogP contribution in [0.25, 0.3) is 10.9 Å². The Morgan fingerprint density at radius 2 is 1.91 bits per heavy atom. The van der Waals surface area contributed by atoms with Crippen LogP contribution in [0.4, 0.5) is 0 Å². The van der Waals surface area contributed by atoms with Gasteiger partial charge in [-0.15, -0.1) is 0 Å². The Kier molecular flexibility index (Phi) is 4.52. The Bertz CT molecular complexity index is 709. The third-order valence-corrected chi connectivity index (χ3v) is 4.60. The minimum atomic E-state index is 0.964. The summed E-state index contributed by atoms with van der Waals surface area (Å²) in [5.41, 5.74) is 3.87. The maximum absolute atomic E-state index is 3.25. The Morgan fingerprint density at radius 3 is 2.59 bits per heavy atom. The molecule has 0 saturated carbocycles. The summed E-state index contributed by atoms with van der Waals surface area (Å²) in [5, 5.41) is 1.36. The van der Waals surface area contributed by atoms with Crippen LogP contribution in [0.5, 0.6) is 0 Å². The highest BCUT2D eigenvalue weighted by Gasteiger charge is 2.16. The summed E-state index contributed by atoms with van der Waals surface area (Å²) in [6.07, 6.45) is 0. The highest BCUT2D eigenvalue weighted by Crippen LogP contribution is 2.24. The van der Waals surface area contributed by atoms with Gasteiger partial charge < -0.3 is 9.47 Å². The van der Waals surface area contributed by atoms with E-state index in [0.717, 1.165) is 31.9 Å². The maximum atomic E-state index is 3.25. The molecule has 116 valence electrons. The lowest BCUT2D eigenvalue weighted by Crippen LogP contribution is -2.43. The molecule has 1 aliphatic heterocycles. The molecule has 0 spiro atoms. The second-order valence-corrected chi connectivity index (χ2v) is 6.08. The minimum absolute atomic E-state index is 0.964. The third-order valence-electron chi connectivity index (χ3n) is 4.60. The zero-order valence-corrected chi connectivity index (χ0v) is 13.9. The topological polar surface area (TPSA) is 11.4 Å². The first-order valence-corrected chi connectivity index (χ1v) is 8.17. The van der Waals surface area contributed by atoms with E-state index in [1.807, 2.05) is 6.92 Å². The fourth-order valence-electron chi connectivity index (χ4n) is 3.30. The predicted molar refractivity (Wildman–Crippen MR) is 92.9 cm³/mol. The number of aromatic nitrogens is 1. The van der Waals surface area contributed by atoms with Gasteiger partial charge in [-0.3, -0.25) is 4.90 Å². The van der Waals surface area contributed by atoms with E-state index in [1.54, 1.807) is 0 Å². The molecule has 1 saturated heterocycles. The van der Waals surface area contributed by atoms with Crippen molar-refractivity contribution in [2.24, 2.45) is 0 Å². The van der Waals surface area contributed by atoms with Crippen LogP contribution in [0, 0.1) is 11.8 Å². The van der Waals surface area contributed by atoms with Crippen molar-refractivity contribution in [1.82, 2.24) is 14.4 Å². The van der Waals surface area contributed by atoms with Gasteiger partial charge in [-0.1, -0.05) is 18.1 Å². The van der Waals surface area contributed by atoms with E-state index in [4.69, 9.17) is 0 Å². The Balaban J connectivity index is 1.94. The van der Waals surface area contributed by atoms with Crippen LogP contribution in [0.15, 0.2) is 24.3 Å². The van der Waals surface area contributed by atoms with E-state index in [0.29, 0.717) is 0 Å². The van der Waals surface area contributed by atoms with E-state index in [9.17, 15) is 0 Å². The van der Waals surface area contributed by atoms with E-state index < -0.39 is 0 Å². The van der Waals surface area contributed by atoms with Crippen LogP contribution < -0.4 is 0 Å². The van der Waals surface area contributed by atoms with Crippen LogP contribution in [0.3, 0.4) is 0 Å². The number of likely N-dealkylation sites (N-methyl/N-ethyl adjacent to an activating group) is 1. The van der Waals surface area contributed by atoms with Gasteiger partial charge in [0.1, 0.15) is 0 Å². The van der Waals surface area contributed by atoms with Crippen molar-refractivity contribution >= 4 is 10.9 Å². The third kappa shape index (κ3) is 2.90. The molecule has 3 nitrogen and oxygen atoms in total. The number of piperazine rings is 1. The van der Waals surface area contributed by atoms with Crippen molar-refractivity contribution in [1.29, 1.82) is 0 Å². The largest absolute Gasteiger partial charge is 0.334 e. The fraction of sp³-hybridized carbons (Fsp3) is 0.474. The molecule has 3 heteroatoms. The molecule has 1 aliphatic rings. The predicted octanol–water partition coefficient (Wildman–Crippen LogP) is 2.78. The lowest BCUT2D eigenvalue weighted by atomic mass is 10.1. The van der Waals surface area contributed by atoms with Crippen molar-refractivity contribution in [2.45, 2.75) is 26.9 Å². The number of hydrogen-bond donors (Lipinski definition) is 0. The van der Waals surface area contributed by atoms with Crippen LogP contribution in [-0.2, 0) is 13.1 Å². The van der Waals surface area contributed by atoms with Gasteiger partial charge in [-0.2, -0.15) is 0 Å². The number of nitrogens with zero attached hydrogens (tertiary/aromatic N) is 3. The summed E-state index contributed by atoms with van der Waals surface area (Å²) in [6.45, 7) is 10.7. The Labute approximate surface area is 133 Å². The van der Waals surface area contributed by atoms with E-state index >= 15 is 0 Å². The first-order chi connectivity index (χ1) is 10.7. The molecule has 0 bridgehead atoms. The molecule has 3 rings (SSSR count). The minimum Gasteiger partial charge on any atom is -0.334 e. The number of aryl methyl sites for hydroxylation is 1. The SMILES string of the molecule is CC#Cc1cc2c(CN3CCN(C)CC3)cccc2n1CC. The second-order valence-electron chi connectivity index (χ2n) is 6.08. The standard InChI is InChI=1S/C19H25N3/c1-4-7-17-14-18-16(8-6-9-19(18)22(17)5-2)15-21-12-10-20(3)11-13-21/h6,8-9,14H,5,10-13,15H2,1-3H3. The summed E-state index contributed by atoms with van der Waals surface area (Å²) in [6, 6.07) is 8.93. The maximum Gasteiger partial charge on any atom is 0.0930 e. The summed E-state index contributed by atoms with van der Waals surface area (Å²) in [5.74, 6) is 6.28. The molecule has 0 aliphatic carbocycles. The van der Waals surface area contributed by atoms with Crippen molar-refractivity contribution < 1.29 is 0 Å². The molecule has 22 heavy (non-hydrogen) atoms. The Hall–Kier alpha value is -1.76. The number of hydrogen-bond acceptors (Lipinski definition) is 2. The molecule has 0 unspecified atom stereocenters. The number of rotatable bonds is 3. The summed E-state index contributed by atoms with van der Waals surface area (Å²) in [7, 11) is 2.20. The summed E-state index contributed by atoms with van der Waals surface area (Å²) >= 11 is 0. The highest BCUT2D eigenvalue weighted by molar-refractivity contribution is 5.85. The monoisotopic (exact) mass is 295 g/mol. The lowest BCUT2D eigenvalue weighted by Gasteiger charge is -2.32. The van der Waals surface area contributed by atoms with Crippen molar-refractivity contribution in [3.05, 3.63) is 35.5 Å². The van der Waals surface area contributed by atoms with Crippen molar-refractivity contribution in [3.8, 4) is 11.8 Å². The van der Waals surface area contributed by atoms with Crippen molar-refractivity contribution in [3.63, 3.8) is 0 Å². The molecule has 2 aromatic rings. The lowest BCUT2D eigenvalue weighted by molar-refractivity contribution is 0.148. The molecule has 0 atom stereocenters. The fourth-order valence-corrected chi connectivity index (χ4v) is 3.30. The molecule has 0 radical (unpaired) electrons. The van der Waals surface area contributed by atoms with Gasteiger partial charge in [-0.25, -0.2) is 0 Å². The first kappa shape index (κ1) is 15.1. The van der Waals surface area contributed by atoms with E-state index in [1.165, 1.54) is 29.6 Å². The highest BCUT2D eigenvalue weighted by atomic mass is 15.2. The molecule has 1 fully saturated rings. The van der Waals surface area contributed by atoms with Gasteiger partial charge in [0, 0.05) is 50.2 Å². The second kappa shape index (κ2) is 6.56. The van der Waals surface area contributed by atoms with E-state index in [-0.39, 0.29) is 0 Å². The molecule has 2 heterocycles. The molecule has 1 aromatic carbocycles. The van der Waals surface area contributed by atoms with Crippen LogP contribution >= 0.6 is 0 Å². The Morgan fingerprint density at radius 1 is 1.14 bits per heavy atom. The quantitative estimate of drug-likeness (QED) is 0.807.